The van der Waals surface area contributed by atoms with E-state index in [9.17, 15) is 8.42 Å². The largest absolute Gasteiger partial charge is 0.314 e. The molecule has 0 saturated carbocycles. The van der Waals surface area contributed by atoms with Crippen LogP contribution in [-0.4, -0.2) is 61.8 Å². The Morgan fingerprint density at radius 2 is 2.16 bits per heavy atom. The average molecular weight is 285 g/mol. The Morgan fingerprint density at radius 1 is 1.37 bits per heavy atom. The topological polar surface area (TPSA) is 87.2 Å². The fraction of sp³-hybridized carbons (Fsp3) is 0.636. The molecule has 0 unspecified atom stereocenters. The minimum Gasteiger partial charge on any atom is -0.314 e. The lowest BCUT2D eigenvalue weighted by Gasteiger charge is -2.26. The van der Waals surface area contributed by atoms with Crippen molar-refractivity contribution in [3.05, 3.63) is 24.3 Å². The van der Waals surface area contributed by atoms with Crippen molar-refractivity contribution in [1.29, 1.82) is 0 Å². The lowest BCUT2D eigenvalue weighted by Crippen LogP contribution is -2.45. The summed E-state index contributed by atoms with van der Waals surface area (Å²) >= 11 is 0. The van der Waals surface area contributed by atoms with E-state index in [4.69, 9.17) is 0 Å². The Morgan fingerprint density at radius 3 is 2.84 bits per heavy atom. The zero-order chi connectivity index (χ0) is 13.6. The van der Waals surface area contributed by atoms with E-state index < -0.39 is 10.0 Å². The smallest absolute Gasteiger partial charge is 0.213 e. The molecule has 0 amide bonds. The van der Waals surface area contributed by atoms with E-state index in [-0.39, 0.29) is 12.3 Å². The lowest BCUT2D eigenvalue weighted by molar-refractivity contribution is 0.253. The van der Waals surface area contributed by atoms with Crippen molar-refractivity contribution in [2.75, 3.05) is 38.5 Å². The molecule has 2 N–H and O–H groups in total. The standard InChI is InChI=1S/C11H19N5O2S/c17-19(18,8-7-16-5-3-12-4-6-16)15-9-11-1-2-13-10-14-11/h1-2,10,12,15H,3-9H2. The van der Waals surface area contributed by atoms with E-state index in [1.807, 2.05) is 0 Å². The van der Waals surface area contributed by atoms with Gasteiger partial charge in [0.05, 0.1) is 18.0 Å². The molecule has 0 spiro atoms. The van der Waals surface area contributed by atoms with Gasteiger partial charge in [-0.15, -0.1) is 0 Å². The Labute approximate surface area is 113 Å². The summed E-state index contributed by atoms with van der Waals surface area (Å²) in [4.78, 5) is 9.91. The van der Waals surface area contributed by atoms with Gasteiger partial charge in [0.15, 0.2) is 0 Å². The molecule has 0 aliphatic carbocycles. The number of rotatable bonds is 6. The summed E-state index contributed by atoms with van der Waals surface area (Å²) < 4.78 is 26.3. The van der Waals surface area contributed by atoms with Crippen LogP contribution in [0.2, 0.25) is 0 Å². The van der Waals surface area contributed by atoms with Gasteiger partial charge >= 0.3 is 0 Å². The van der Waals surface area contributed by atoms with Crippen molar-refractivity contribution in [2.24, 2.45) is 0 Å². The van der Waals surface area contributed by atoms with Crippen molar-refractivity contribution in [1.82, 2.24) is 24.9 Å². The highest BCUT2D eigenvalue weighted by molar-refractivity contribution is 7.89. The first-order valence-corrected chi connectivity index (χ1v) is 7.96. The molecule has 1 fully saturated rings. The third kappa shape index (κ3) is 5.19. The Hall–Kier alpha value is -1.09. The molecule has 0 bridgehead atoms. The maximum absolute atomic E-state index is 11.8. The maximum Gasteiger partial charge on any atom is 0.213 e. The van der Waals surface area contributed by atoms with E-state index in [1.165, 1.54) is 6.33 Å². The predicted molar refractivity (Wildman–Crippen MR) is 72.0 cm³/mol. The molecule has 1 aliphatic heterocycles. The number of piperazine rings is 1. The second-order valence-electron chi connectivity index (χ2n) is 4.43. The number of sulfonamides is 1. The number of aromatic nitrogens is 2. The number of nitrogens with one attached hydrogen (secondary N) is 2. The van der Waals surface area contributed by atoms with Crippen LogP contribution in [0.3, 0.4) is 0 Å². The van der Waals surface area contributed by atoms with Gasteiger partial charge in [-0.2, -0.15) is 0 Å². The van der Waals surface area contributed by atoms with Crippen molar-refractivity contribution >= 4 is 10.0 Å². The summed E-state index contributed by atoms with van der Waals surface area (Å²) in [5.74, 6) is 0.123. The van der Waals surface area contributed by atoms with Crippen molar-refractivity contribution in [3.8, 4) is 0 Å². The molecule has 2 rings (SSSR count). The van der Waals surface area contributed by atoms with Crippen LogP contribution in [0.1, 0.15) is 5.69 Å². The Balaban J connectivity index is 1.75. The zero-order valence-corrected chi connectivity index (χ0v) is 11.6. The summed E-state index contributed by atoms with van der Waals surface area (Å²) in [5.41, 5.74) is 0.667. The SMILES string of the molecule is O=S(=O)(CCN1CCNCC1)NCc1ccncn1. The summed E-state index contributed by atoms with van der Waals surface area (Å²) in [6, 6.07) is 1.69. The molecule has 7 nitrogen and oxygen atoms in total. The summed E-state index contributed by atoms with van der Waals surface area (Å²) in [6.07, 6.45) is 3.00. The molecule has 0 atom stereocenters. The van der Waals surface area contributed by atoms with Crippen LogP contribution in [0, 0.1) is 0 Å². The molecular weight excluding hydrogens is 266 g/mol. The van der Waals surface area contributed by atoms with Gasteiger partial charge in [-0.05, 0) is 6.07 Å². The van der Waals surface area contributed by atoms with E-state index in [1.54, 1.807) is 12.3 Å². The second kappa shape index (κ2) is 6.90. The highest BCUT2D eigenvalue weighted by atomic mass is 32.2. The maximum atomic E-state index is 11.8. The molecule has 1 saturated heterocycles. The van der Waals surface area contributed by atoms with Crippen LogP contribution in [0.4, 0.5) is 0 Å². The van der Waals surface area contributed by atoms with Gasteiger partial charge in [0.25, 0.3) is 0 Å². The fourth-order valence-corrected chi connectivity index (χ4v) is 2.87. The highest BCUT2D eigenvalue weighted by Crippen LogP contribution is 1.96. The molecule has 8 heteroatoms. The normalized spacial score (nSPS) is 17.5. The van der Waals surface area contributed by atoms with Gasteiger partial charge in [-0.1, -0.05) is 0 Å². The predicted octanol–water partition coefficient (Wildman–Crippen LogP) is -1.20. The van der Waals surface area contributed by atoms with Gasteiger partial charge in [0, 0.05) is 38.9 Å². The molecule has 19 heavy (non-hydrogen) atoms. The molecule has 1 aromatic heterocycles. The van der Waals surface area contributed by atoms with Gasteiger partial charge < -0.3 is 5.32 Å². The molecule has 2 heterocycles. The van der Waals surface area contributed by atoms with Crippen LogP contribution in [-0.2, 0) is 16.6 Å². The van der Waals surface area contributed by atoms with E-state index in [0.717, 1.165) is 26.2 Å². The fourth-order valence-electron chi connectivity index (χ4n) is 1.86. The van der Waals surface area contributed by atoms with E-state index in [2.05, 4.69) is 24.9 Å². The van der Waals surface area contributed by atoms with Gasteiger partial charge in [0.2, 0.25) is 10.0 Å². The number of hydrogen-bond acceptors (Lipinski definition) is 6. The number of hydrogen-bond donors (Lipinski definition) is 2. The molecule has 0 radical (unpaired) electrons. The molecule has 1 aliphatic rings. The first-order valence-electron chi connectivity index (χ1n) is 6.31. The lowest BCUT2D eigenvalue weighted by atomic mass is 10.4. The Bertz CT molecular complexity index is 473. The summed E-state index contributed by atoms with van der Waals surface area (Å²) in [5, 5.41) is 3.24. The van der Waals surface area contributed by atoms with Crippen molar-refractivity contribution < 1.29 is 8.42 Å². The minimum atomic E-state index is -3.25. The number of nitrogens with zero attached hydrogens (tertiary/aromatic N) is 3. The summed E-state index contributed by atoms with van der Waals surface area (Å²) in [6.45, 7) is 4.44. The minimum absolute atomic E-state index is 0.123. The van der Waals surface area contributed by atoms with Crippen LogP contribution < -0.4 is 10.0 Å². The van der Waals surface area contributed by atoms with E-state index >= 15 is 0 Å². The first kappa shape index (κ1) is 14.3. The third-order valence-electron chi connectivity index (χ3n) is 3.00. The van der Waals surface area contributed by atoms with Crippen LogP contribution in [0.25, 0.3) is 0 Å². The van der Waals surface area contributed by atoms with Crippen LogP contribution in [0.5, 0.6) is 0 Å². The summed E-state index contributed by atoms with van der Waals surface area (Å²) in [7, 11) is -3.25. The van der Waals surface area contributed by atoms with Crippen molar-refractivity contribution in [2.45, 2.75) is 6.54 Å². The Kier molecular flexibility index (Phi) is 5.20. The molecule has 0 aromatic carbocycles. The first-order chi connectivity index (χ1) is 9.16. The van der Waals surface area contributed by atoms with Crippen LogP contribution in [0.15, 0.2) is 18.6 Å². The van der Waals surface area contributed by atoms with E-state index in [0.29, 0.717) is 12.2 Å². The average Bonchev–Trinajstić information content (AvgIpc) is 2.46. The molecule has 1 aromatic rings. The zero-order valence-electron chi connectivity index (χ0n) is 10.7. The van der Waals surface area contributed by atoms with Gasteiger partial charge in [0.1, 0.15) is 6.33 Å². The van der Waals surface area contributed by atoms with Crippen LogP contribution >= 0.6 is 0 Å². The molecule has 106 valence electrons. The third-order valence-corrected chi connectivity index (χ3v) is 4.31. The quantitative estimate of drug-likeness (QED) is 0.683. The van der Waals surface area contributed by atoms with Crippen molar-refractivity contribution in [3.63, 3.8) is 0 Å². The van der Waals surface area contributed by atoms with Gasteiger partial charge in [-0.3, -0.25) is 4.90 Å². The second-order valence-corrected chi connectivity index (χ2v) is 6.36. The highest BCUT2D eigenvalue weighted by Gasteiger charge is 2.15. The molecular formula is C11H19N5O2S. The monoisotopic (exact) mass is 285 g/mol. The van der Waals surface area contributed by atoms with Gasteiger partial charge in [-0.25, -0.2) is 23.1 Å².